The Balaban J connectivity index is 1.87. The van der Waals surface area contributed by atoms with Crippen molar-refractivity contribution in [3.63, 3.8) is 0 Å². The van der Waals surface area contributed by atoms with Crippen LogP contribution in [0.1, 0.15) is 64.5 Å². The molecule has 0 heterocycles. The normalized spacial score (nSPS) is 22.3. The van der Waals surface area contributed by atoms with E-state index in [0.29, 0.717) is 18.3 Å². The van der Waals surface area contributed by atoms with Crippen molar-refractivity contribution < 1.29 is 9.18 Å². The Morgan fingerprint density at radius 3 is 2.42 bits per heavy atom. The van der Waals surface area contributed by atoms with Crippen LogP contribution >= 0.6 is 0 Å². The third kappa shape index (κ3) is 6.39. The lowest BCUT2D eigenvalue weighted by Gasteiger charge is -2.37. The number of halogens is 1. The van der Waals surface area contributed by atoms with Crippen LogP contribution in [0.15, 0.2) is 24.3 Å². The topological polar surface area (TPSA) is 32.3 Å². The molecule has 146 valence electrons. The summed E-state index contributed by atoms with van der Waals surface area (Å²) in [5.41, 5.74) is 1.10. The van der Waals surface area contributed by atoms with Gasteiger partial charge < -0.3 is 10.2 Å². The number of hydrogen-bond acceptors (Lipinski definition) is 2. The largest absolute Gasteiger partial charge is 0.356 e. The zero-order valence-electron chi connectivity index (χ0n) is 17.0. The Morgan fingerprint density at radius 1 is 1.23 bits per heavy atom. The Kier molecular flexibility index (Phi) is 7.22. The first-order valence-corrected chi connectivity index (χ1v) is 9.84. The Hall–Kier alpha value is -1.42. The highest BCUT2D eigenvalue weighted by atomic mass is 19.1. The number of carbonyl (C=O) groups excluding carboxylic acids is 1. The van der Waals surface area contributed by atoms with Crippen LogP contribution in [0.2, 0.25) is 0 Å². The van der Waals surface area contributed by atoms with E-state index in [-0.39, 0.29) is 23.2 Å². The van der Waals surface area contributed by atoms with Gasteiger partial charge in [0.25, 0.3) is 0 Å². The van der Waals surface area contributed by atoms with Crippen LogP contribution in [0.3, 0.4) is 0 Å². The molecule has 1 atom stereocenters. The molecule has 3 nitrogen and oxygen atoms in total. The quantitative estimate of drug-likeness (QED) is 0.789. The molecular formula is C22H35FN2O. The maximum Gasteiger partial charge on any atom is 0.220 e. The van der Waals surface area contributed by atoms with Gasteiger partial charge in [0.15, 0.2) is 0 Å². The second kappa shape index (κ2) is 8.98. The van der Waals surface area contributed by atoms with Gasteiger partial charge in [-0.3, -0.25) is 4.79 Å². The van der Waals surface area contributed by atoms with Gasteiger partial charge in [-0.1, -0.05) is 32.9 Å². The molecule has 1 aliphatic rings. The first-order chi connectivity index (χ1) is 12.2. The second-order valence-corrected chi connectivity index (χ2v) is 9.29. The molecule has 0 aliphatic heterocycles. The fourth-order valence-electron chi connectivity index (χ4n) is 4.19. The van der Waals surface area contributed by atoms with Crippen LogP contribution in [0.5, 0.6) is 0 Å². The van der Waals surface area contributed by atoms with Crippen LogP contribution in [0.4, 0.5) is 4.39 Å². The van der Waals surface area contributed by atoms with Crippen molar-refractivity contribution in [2.45, 2.75) is 58.9 Å². The standard InChI is InChI=1S/C22H35FN2O/c1-22(2,3)14-20(26)24-15-16-9-11-17(12-10-16)21(25(4)5)18-7-6-8-19(23)13-18/h6-8,13,16-17,21H,9-12,14-15H2,1-5H3,(H,24,26). The molecule has 1 fully saturated rings. The number of nitrogens with one attached hydrogen (secondary N) is 1. The van der Waals surface area contributed by atoms with Gasteiger partial charge >= 0.3 is 0 Å². The van der Waals surface area contributed by atoms with E-state index in [4.69, 9.17) is 0 Å². The average molecular weight is 363 g/mol. The van der Waals surface area contributed by atoms with Gasteiger partial charge in [0.05, 0.1) is 0 Å². The van der Waals surface area contributed by atoms with Crippen molar-refractivity contribution in [3.05, 3.63) is 35.6 Å². The van der Waals surface area contributed by atoms with Crippen molar-refractivity contribution in [2.24, 2.45) is 17.3 Å². The Bertz CT molecular complexity index is 586. The van der Waals surface area contributed by atoms with Crippen LogP contribution < -0.4 is 5.32 Å². The van der Waals surface area contributed by atoms with E-state index in [1.165, 1.54) is 6.07 Å². The molecule has 1 N–H and O–H groups in total. The summed E-state index contributed by atoms with van der Waals surface area (Å²) in [6.45, 7) is 7.05. The van der Waals surface area contributed by atoms with E-state index >= 15 is 0 Å². The van der Waals surface area contributed by atoms with Crippen LogP contribution in [0.25, 0.3) is 0 Å². The molecule has 0 radical (unpaired) electrons. The van der Waals surface area contributed by atoms with Gasteiger partial charge in [-0.15, -0.1) is 0 Å². The number of carbonyl (C=O) groups is 1. The van der Waals surface area contributed by atoms with Gasteiger partial charge in [0.2, 0.25) is 5.91 Å². The maximum absolute atomic E-state index is 13.7. The Morgan fingerprint density at radius 2 is 1.88 bits per heavy atom. The summed E-state index contributed by atoms with van der Waals surface area (Å²) >= 11 is 0. The lowest BCUT2D eigenvalue weighted by Crippen LogP contribution is -2.35. The maximum atomic E-state index is 13.7. The molecule has 1 amide bonds. The molecule has 1 unspecified atom stereocenters. The molecule has 0 spiro atoms. The highest BCUT2D eigenvalue weighted by Gasteiger charge is 2.30. The minimum atomic E-state index is -0.162. The van der Waals surface area contributed by atoms with Gasteiger partial charge in [0.1, 0.15) is 5.82 Å². The average Bonchev–Trinajstić information content (AvgIpc) is 2.52. The number of benzene rings is 1. The third-order valence-corrected chi connectivity index (χ3v) is 5.36. The summed E-state index contributed by atoms with van der Waals surface area (Å²) in [5, 5.41) is 3.12. The van der Waals surface area contributed by atoms with E-state index in [2.05, 4.69) is 45.1 Å². The molecule has 1 saturated carbocycles. The molecule has 0 saturated heterocycles. The molecule has 0 bridgehead atoms. The van der Waals surface area contributed by atoms with E-state index in [1.54, 1.807) is 12.1 Å². The summed E-state index contributed by atoms with van der Waals surface area (Å²) in [4.78, 5) is 14.2. The summed E-state index contributed by atoms with van der Waals surface area (Å²) in [6, 6.07) is 7.27. The number of amides is 1. The summed E-state index contributed by atoms with van der Waals surface area (Å²) in [7, 11) is 4.16. The van der Waals surface area contributed by atoms with E-state index < -0.39 is 0 Å². The summed E-state index contributed by atoms with van der Waals surface area (Å²) in [5.74, 6) is 1.09. The predicted molar refractivity (Wildman–Crippen MR) is 105 cm³/mol. The van der Waals surface area contributed by atoms with Gasteiger partial charge in [-0.2, -0.15) is 0 Å². The van der Waals surface area contributed by atoms with Gasteiger partial charge in [-0.25, -0.2) is 4.39 Å². The lowest BCUT2D eigenvalue weighted by atomic mass is 9.76. The monoisotopic (exact) mass is 362 g/mol. The van der Waals surface area contributed by atoms with E-state index in [9.17, 15) is 9.18 Å². The molecule has 2 rings (SSSR count). The van der Waals surface area contributed by atoms with E-state index in [0.717, 1.165) is 37.8 Å². The molecule has 1 aromatic rings. The first kappa shape index (κ1) is 20.9. The molecule has 1 aliphatic carbocycles. The molecule has 4 heteroatoms. The summed E-state index contributed by atoms with van der Waals surface area (Å²) in [6.07, 6.45) is 5.07. The number of hydrogen-bond donors (Lipinski definition) is 1. The van der Waals surface area contributed by atoms with Crippen molar-refractivity contribution in [2.75, 3.05) is 20.6 Å². The number of rotatable bonds is 6. The predicted octanol–water partition coefficient (Wildman–Crippen LogP) is 4.79. The van der Waals surface area contributed by atoms with Crippen molar-refractivity contribution in [1.29, 1.82) is 0 Å². The molecule has 1 aromatic carbocycles. The minimum absolute atomic E-state index is 0.0334. The summed E-state index contributed by atoms with van der Waals surface area (Å²) < 4.78 is 13.7. The molecular weight excluding hydrogens is 327 g/mol. The van der Waals surface area contributed by atoms with Gasteiger partial charge in [-0.05, 0) is 74.7 Å². The highest BCUT2D eigenvalue weighted by Crippen LogP contribution is 2.39. The van der Waals surface area contributed by atoms with Crippen molar-refractivity contribution >= 4 is 5.91 Å². The second-order valence-electron chi connectivity index (χ2n) is 9.29. The van der Waals surface area contributed by atoms with Crippen LogP contribution in [-0.2, 0) is 4.79 Å². The fraction of sp³-hybridized carbons (Fsp3) is 0.682. The zero-order chi connectivity index (χ0) is 19.3. The third-order valence-electron chi connectivity index (χ3n) is 5.36. The Labute approximate surface area is 158 Å². The first-order valence-electron chi connectivity index (χ1n) is 9.84. The fourth-order valence-corrected chi connectivity index (χ4v) is 4.19. The van der Waals surface area contributed by atoms with Crippen LogP contribution in [-0.4, -0.2) is 31.4 Å². The zero-order valence-corrected chi connectivity index (χ0v) is 17.0. The smallest absolute Gasteiger partial charge is 0.220 e. The molecule has 26 heavy (non-hydrogen) atoms. The van der Waals surface area contributed by atoms with E-state index in [1.807, 2.05) is 6.07 Å². The minimum Gasteiger partial charge on any atom is -0.356 e. The van der Waals surface area contributed by atoms with Crippen molar-refractivity contribution in [1.82, 2.24) is 10.2 Å². The van der Waals surface area contributed by atoms with Crippen LogP contribution in [0, 0.1) is 23.1 Å². The lowest BCUT2D eigenvalue weighted by molar-refractivity contribution is -0.123. The number of nitrogens with zero attached hydrogens (tertiary/aromatic N) is 1. The SMILES string of the molecule is CN(C)C(c1cccc(F)c1)C1CCC(CNC(=O)CC(C)(C)C)CC1. The van der Waals surface area contributed by atoms with Crippen molar-refractivity contribution in [3.8, 4) is 0 Å². The van der Waals surface area contributed by atoms with Gasteiger partial charge in [0, 0.05) is 19.0 Å². The highest BCUT2D eigenvalue weighted by molar-refractivity contribution is 5.76. The molecule has 0 aromatic heterocycles.